The molecule has 0 bridgehead atoms. The number of anilines is 2. The van der Waals surface area contributed by atoms with Crippen LogP contribution in [0, 0.1) is 0 Å². The number of halogens is 1. The fourth-order valence-corrected chi connectivity index (χ4v) is 2.74. The van der Waals surface area contributed by atoms with E-state index in [0.29, 0.717) is 5.02 Å². The van der Waals surface area contributed by atoms with Gasteiger partial charge in [-0.3, -0.25) is 0 Å². The third-order valence-electron chi connectivity index (χ3n) is 3.55. The number of nitrogens with one attached hydrogen (secondary N) is 1. The van der Waals surface area contributed by atoms with Gasteiger partial charge >= 0.3 is 0 Å². The summed E-state index contributed by atoms with van der Waals surface area (Å²) in [6, 6.07) is 21.8. The Labute approximate surface area is 126 Å². The van der Waals surface area contributed by atoms with Gasteiger partial charge in [0.1, 0.15) is 5.58 Å². The molecule has 2 nitrogen and oxygen atoms in total. The van der Waals surface area contributed by atoms with Gasteiger partial charge < -0.3 is 9.73 Å². The molecule has 0 aliphatic rings. The second kappa shape index (κ2) is 4.83. The van der Waals surface area contributed by atoms with E-state index in [1.54, 1.807) is 0 Å². The van der Waals surface area contributed by atoms with Crippen molar-refractivity contribution in [2.45, 2.75) is 0 Å². The second-order valence-corrected chi connectivity index (χ2v) is 5.29. The molecule has 4 aromatic rings. The third-order valence-corrected chi connectivity index (χ3v) is 3.88. The van der Waals surface area contributed by atoms with E-state index in [1.807, 2.05) is 54.6 Å². The first-order valence-electron chi connectivity index (χ1n) is 6.75. The summed E-state index contributed by atoms with van der Waals surface area (Å²) in [4.78, 5) is 0. The molecule has 3 aromatic carbocycles. The number of para-hydroxylation sites is 3. The number of fused-ring (bicyclic) bond motifs is 3. The zero-order valence-corrected chi connectivity index (χ0v) is 11.9. The van der Waals surface area contributed by atoms with Crippen LogP contribution in [0.2, 0.25) is 5.02 Å². The van der Waals surface area contributed by atoms with Gasteiger partial charge in [0.05, 0.1) is 16.4 Å². The molecule has 0 unspecified atom stereocenters. The van der Waals surface area contributed by atoms with Crippen LogP contribution in [-0.4, -0.2) is 0 Å². The maximum atomic E-state index is 6.21. The molecule has 0 spiro atoms. The highest BCUT2D eigenvalue weighted by Crippen LogP contribution is 2.35. The fraction of sp³-hybridized carbons (Fsp3) is 0. The molecule has 21 heavy (non-hydrogen) atoms. The van der Waals surface area contributed by atoms with Crippen molar-refractivity contribution in [3.63, 3.8) is 0 Å². The summed E-state index contributed by atoms with van der Waals surface area (Å²) in [5, 5.41) is 6.26. The second-order valence-electron chi connectivity index (χ2n) is 4.89. The molecule has 0 saturated carbocycles. The first kappa shape index (κ1) is 12.3. The van der Waals surface area contributed by atoms with Crippen LogP contribution in [0.3, 0.4) is 0 Å². The van der Waals surface area contributed by atoms with E-state index in [2.05, 4.69) is 17.4 Å². The highest BCUT2D eigenvalue weighted by atomic mass is 35.5. The van der Waals surface area contributed by atoms with Gasteiger partial charge in [-0.2, -0.15) is 0 Å². The van der Waals surface area contributed by atoms with Crippen molar-refractivity contribution in [2.24, 2.45) is 0 Å². The molecule has 1 heterocycles. The SMILES string of the molecule is Clc1ccccc1Nc1cccc2c1oc1ccccc12. The first-order valence-corrected chi connectivity index (χ1v) is 7.12. The summed E-state index contributed by atoms with van der Waals surface area (Å²) in [6.07, 6.45) is 0. The Morgan fingerprint density at radius 1 is 0.714 bits per heavy atom. The molecule has 102 valence electrons. The number of hydrogen-bond donors (Lipinski definition) is 1. The molecule has 4 rings (SSSR count). The van der Waals surface area contributed by atoms with E-state index in [-0.39, 0.29) is 0 Å². The van der Waals surface area contributed by atoms with Crippen LogP contribution < -0.4 is 5.32 Å². The highest BCUT2D eigenvalue weighted by Gasteiger charge is 2.10. The molecule has 3 heteroatoms. The zero-order chi connectivity index (χ0) is 14.2. The molecule has 1 N–H and O–H groups in total. The Morgan fingerprint density at radius 2 is 1.43 bits per heavy atom. The van der Waals surface area contributed by atoms with E-state index in [4.69, 9.17) is 16.0 Å². The number of hydrogen-bond acceptors (Lipinski definition) is 2. The lowest BCUT2D eigenvalue weighted by molar-refractivity contribution is 0.670. The number of rotatable bonds is 2. The predicted octanol–water partition coefficient (Wildman–Crippen LogP) is 5.98. The Balaban J connectivity index is 1.91. The Morgan fingerprint density at radius 3 is 2.33 bits per heavy atom. The fourth-order valence-electron chi connectivity index (χ4n) is 2.55. The van der Waals surface area contributed by atoms with E-state index >= 15 is 0 Å². The Bertz CT molecular complexity index is 942. The molecule has 0 amide bonds. The van der Waals surface area contributed by atoms with Crippen molar-refractivity contribution in [3.8, 4) is 0 Å². The van der Waals surface area contributed by atoms with E-state index in [9.17, 15) is 0 Å². The molecule has 0 aliphatic carbocycles. The summed E-state index contributed by atoms with van der Waals surface area (Å²) < 4.78 is 5.99. The van der Waals surface area contributed by atoms with Gasteiger partial charge in [-0.15, -0.1) is 0 Å². The summed E-state index contributed by atoms with van der Waals surface area (Å²) in [6.45, 7) is 0. The molecule has 1 aromatic heterocycles. The molecular weight excluding hydrogens is 282 g/mol. The van der Waals surface area contributed by atoms with Crippen molar-refractivity contribution in [2.75, 3.05) is 5.32 Å². The highest BCUT2D eigenvalue weighted by molar-refractivity contribution is 6.33. The van der Waals surface area contributed by atoms with Gasteiger partial charge in [0.15, 0.2) is 5.58 Å². The van der Waals surface area contributed by atoms with Crippen molar-refractivity contribution >= 4 is 44.9 Å². The largest absolute Gasteiger partial charge is 0.454 e. The van der Waals surface area contributed by atoms with Crippen LogP contribution in [0.5, 0.6) is 0 Å². The average Bonchev–Trinajstić information content (AvgIpc) is 2.89. The summed E-state index contributed by atoms with van der Waals surface area (Å²) in [5.41, 5.74) is 3.52. The van der Waals surface area contributed by atoms with Gasteiger partial charge in [0.2, 0.25) is 0 Å². The van der Waals surface area contributed by atoms with Crippen LogP contribution in [-0.2, 0) is 0 Å². The van der Waals surface area contributed by atoms with Gasteiger partial charge in [-0.1, -0.05) is 54.1 Å². The zero-order valence-electron chi connectivity index (χ0n) is 11.1. The van der Waals surface area contributed by atoms with Crippen LogP contribution in [0.15, 0.2) is 71.1 Å². The van der Waals surface area contributed by atoms with Crippen LogP contribution in [0.4, 0.5) is 11.4 Å². The number of furan rings is 1. The van der Waals surface area contributed by atoms with E-state index in [1.165, 1.54) is 0 Å². The topological polar surface area (TPSA) is 25.2 Å². The van der Waals surface area contributed by atoms with Crippen LogP contribution in [0.1, 0.15) is 0 Å². The molecular formula is C18H12ClNO. The lowest BCUT2D eigenvalue weighted by Crippen LogP contribution is -1.91. The average molecular weight is 294 g/mol. The maximum Gasteiger partial charge on any atom is 0.158 e. The van der Waals surface area contributed by atoms with Gasteiger partial charge in [-0.05, 0) is 24.3 Å². The smallest absolute Gasteiger partial charge is 0.158 e. The molecule has 0 fully saturated rings. The molecule has 0 saturated heterocycles. The van der Waals surface area contributed by atoms with Crippen LogP contribution in [0.25, 0.3) is 21.9 Å². The van der Waals surface area contributed by atoms with E-state index < -0.39 is 0 Å². The Kier molecular flexibility index (Phi) is 2.83. The first-order chi connectivity index (χ1) is 10.3. The normalized spacial score (nSPS) is 11.1. The van der Waals surface area contributed by atoms with Gasteiger partial charge in [0.25, 0.3) is 0 Å². The summed E-state index contributed by atoms with van der Waals surface area (Å²) >= 11 is 6.21. The third kappa shape index (κ3) is 2.05. The monoisotopic (exact) mass is 293 g/mol. The lowest BCUT2D eigenvalue weighted by Gasteiger charge is -2.08. The molecule has 0 aliphatic heterocycles. The van der Waals surface area contributed by atoms with Gasteiger partial charge in [-0.25, -0.2) is 0 Å². The molecule has 0 radical (unpaired) electrons. The quantitative estimate of drug-likeness (QED) is 0.491. The van der Waals surface area contributed by atoms with Crippen molar-refractivity contribution in [3.05, 3.63) is 71.8 Å². The maximum absolute atomic E-state index is 6.21. The van der Waals surface area contributed by atoms with Crippen LogP contribution >= 0.6 is 11.6 Å². The minimum atomic E-state index is 0.686. The molecule has 0 atom stereocenters. The predicted molar refractivity (Wildman–Crippen MR) is 88.5 cm³/mol. The van der Waals surface area contributed by atoms with Gasteiger partial charge in [0, 0.05) is 10.8 Å². The van der Waals surface area contributed by atoms with Crippen molar-refractivity contribution in [1.29, 1.82) is 0 Å². The summed E-state index contributed by atoms with van der Waals surface area (Å²) in [7, 11) is 0. The minimum absolute atomic E-state index is 0.686. The van der Waals surface area contributed by atoms with Crippen molar-refractivity contribution < 1.29 is 4.42 Å². The Hall–Kier alpha value is -2.45. The minimum Gasteiger partial charge on any atom is -0.454 e. The number of benzene rings is 3. The summed E-state index contributed by atoms with van der Waals surface area (Å²) in [5.74, 6) is 0. The standard InChI is InChI=1S/C18H12ClNO/c19-14-8-2-3-9-15(14)20-16-10-5-7-13-12-6-1-4-11-17(12)21-18(13)16/h1-11,20H. The lowest BCUT2D eigenvalue weighted by atomic mass is 10.1. The van der Waals surface area contributed by atoms with Crippen molar-refractivity contribution in [1.82, 2.24) is 0 Å². The van der Waals surface area contributed by atoms with E-state index in [0.717, 1.165) is 33.3 Å².